The fraction of sp³-hybridized carbons (Fsp3) is 0.630. The van der Waals surface area contributed by atoms with Gasteiger partial charge in [0.25, 0.3) is 0 Å². The van der Waals surface area contributed by atoms with Crippen LogP contribution in [0.25, 0.3) is 0 Å². The zero-order valence-corrected chi connectivity index (χ0v) is 19.5. The standard InChI is InChI=1S/C27H42O4/c1-3-5-7-8-9-10-11-12-13-14-15-19-23-31-27(29)25-21-17-16-20-24(25)26(28)30-22-18-6-4-2/h4,16-17,20-21H,2-3,5-15,18-19,22-23H2,1H3. The molecule has 0 unspecified atom stereocenters. The van der Waals surface area contributed by atoms with Crippen molar-refractivity contribution in [3.63, 3.8) is 0 Å². The van der Waals surface area contributed by atoms with Gasteiger partial charge in [0.1, 0.15) is 0 Å². The highest BCUT2D eigenvalue weighted by molar-refractivity contribution is 6.03. The lowest BCUT2D eigenvalue weighted by Crippen LogP contribution is -2.15. The maximum atomic E-state index is 12.4. The number of rotatable bonds is 19. The zero-order chi connectivity index (χ0) is 22.6. The maximum Gasteiger partial charge on any atom is 0.339 e. The molecule has 0 aliphatic rings. The van der Waals surface area contributed by atoms with E-state index in [-0.39, 0.29) is 11.1 Å². The number of carbonyl (C=O) groups excluding carboxylic acids is 2. The van der Waals surface area contributed by atoms with E-state index in [1.54, 1.807) is 30.3 Å². The molecule has 0 aliphatic heterocycles. The largest absolute Gasteiger partial charge is 0.462 e. The van der Waals surface area contributed by atoms with Crippen molar-refractivity contribution in [2.75, 3.05) is 13.2 Å². The molecule has 1 aromatic carbocycles. The molecular formula is C27H42O4. The normalized spacial score (nSPS) is 10.6. The van der Waals surface area contributed by atoms with Crippen LogP contribution in [-0.4, -0.2) is 25.2 Å². The lowest BCUT2D eigenvalue weighted by Gasteiger charge is -2.10. The number of unbranched alkanes of at least 4 members (excludes halogenated alkanes) is 12. The summed E-state index contributed by atoms with van der Waals surface area (Å²) in [5.41, 5.74) is 0.538. The van der Waals surface area contributed by atoms with Gasteiger partial charge in [-0.3, -0.25) is 0 Å². The molecule has 0 heterocycles. The Balaban J connectivity index is 2.16. The first-order valence-electron chi connectivity index (χ1n) is 12.2. The van der Waals surface area contributed by atoms with E-state index in [9.17, 15) is 9.59 Å². The number of ether oxygens (including phenoxy) is 2. The molecule has 4 heteroatoms. The third-order valence-corrected chi connectivity index (χ3v) is 5.38. The molecule has 0 saturated carbocycles. The summed E-state index contributed by atoms with van der Waals surface area (Å²) in [6.07, 6.45) is 18.5. The van der Waals surface area contributed by atoms with Gasteiger partial charge in [-0.15, -0.1) is 6.58 Å². The summed E-state index contributed by atoms with van der Waals surface area (Å²) in [6, 6.07) is 6.68. The molecule has 0 N–H and O–H groups in total. The van der Waals surface area contributed by atoms with Gasteiger partial charge in [0, 0.05) is 0 Å². The first-order chi connectivity index (χ1) is 15.2. The predicted octanol–water partition coefficient (Wildman–Crippen LogP) is 7.67. The highest BCUT2D eigenvalue weighted by Crippen LogP contribution is 2.14. The SMILES string of the molecule is C=CCCCOC(=O)c1ccccc1C(=O)OCCCCCCCCCCCCCC. The molecule has 0 atom stereocenters. The van der Waals surface area contributed by atoms with Gasteiger partial charge in [0.15, 0.2) is 0 Å². The minimum atomic E-state index is -0.484. The fourth-order valence-corrected chi connectivity index (χ4v) is 3.50. The van der Waals surface area contributed by atoms with Crippen LogP contribution in [0.3, 0.4) is 0 Å². The smallest absolute Gasteiger partial charge is 0.339 e. The molecule has 31 heavy (non-hydrogen) atoms. The van der Waals surface area contributed by atoms with Crippen molar-refractivity contribution in [3.05, 3.63) is 48.0 Å². The van der Waals surface area contributed by atoms with Gasteiger partial charge >= 0.3 is 11.9 Å². The Kier molecular flexibility index (Phi) is 16.2. The van der Waals surface area contributed by atoms with E-state index in [0.717, 1.165) is 25.7 Å². The van der Waals surface area contributed by atoms with Crippen LogP contribution in [0.2, 0.25) is 0 Å². The summed E-state index contributed by atoms with van der Waals surface area (Å²) in [6.45, 7) is 6.60. The molecule has 0 radical (unpaired) electrons. The van der Waals surface area contributed by atoms with Crippen molar-refractivity contribution < 1.29 is 19.1 Å². The van der Waals surface area contributed by atoms with Crippen LogP contribution in [0, 0.1) is 0 Å². The van der Waals surface area contributed by atoms with E-state index in [4.69, 9.17) is 9.47 Å². The highest BCUT2D eigenvalue weighted by atomic mass is 16.5. The molecule has 174 valence electrons. The van der Waals surface area contributed by atoms with Crippen LogP contribution in [0.4, 0.5) is 0 Å². The summed E-state index contributed by atoms with van der Waals surface area (Å²) >= 11 is 0. The molecule has 1 rings (SSSR count). The Morgan fingerprint density at radius 2 is 1.13 bits per heavy atom. The van der Waals surface area contributed by atoms with Crippen LogP contribution in [-0.2, 0) is 9.47 Å². The third-order valence-electron chi connectivity index (χ3n) is 5.38. The Labute approximate surface area is 189 Å². The molecule has 4 nitrogen and oxygen atoms in total. The van der Waals surface area contributed by atoms with Crippen LogP contribution < -0.4 is 0 Å². The van der Waals surface area contributed by atoms with E-state index < -0.39 is 11.9 Å². The van der Waals surface area contributed by atoms with E-state index in [0.29, 0.717) is 13.2 Å². The van der Waals surface area contributed by atoms with Crippen molar-refractivity contribution in [1.82, 2.24) is 0 Å². The Hall–Kier alpha value is -2.10. The van der Waals surface area contributed by atoms with Gasteiger partial charge in [-0.25, -0.2) is 9.59 Å². The van der Waals surface area contributed by atoms with Gasteiger partial charge < -0.3 is 9.47 Å². The second kappa shape index (κ2) is 18.7. The van der Waals surface area contributed by atoms with Crippen LogP contribution in [0.15, 0.2) is 36.9 Å². The fourth-order valence-electron chi connectivity index (χ4n) is 3.50. The highest BCUT2D eigenvalue weighted by Gasteiger charge is 2.18. The molecule has 0 fully saturated rings. The molecule has 0 amide bonds. The average molecular weight is 431 g/mol. The molecule has 0 aliphatic carbocycles. The Morgan fingerprint density at radius 1 is 0.710 bits per heavy atom. The van der Waals surface area contributed by atoms with Gasteiger partial charge in [-0.05, 0) is 31.4 Å². The number of esters is 2. The van der Waals surface area contributed by atoms with Crippen molar-refractivity contribution >= 4 is 11.9 Å². The first kappa shape index (κ1) is 26.9. The second-order valence-corrected chi connectivity index (χ2v) is 8.14. The van der Waals surface area contributed by atoms with Crippen LogP contribution in [0.5, 0.6) is 0 Å². The summed E-state index contributed by atoms with van der Waals surface area (Å²) < 4.78 is 10.6. The summed E-state index contributed by atoms with van der Waals surface area (Å²) in [5.74, 6) is -0.941. The lowest BCUT2D eigenvalue weighted by molar-refractivity contribution is 0.0452. The van der Waals surface area contributed by atoms with Crippen molar-refractivity contribution in [2.24, 2.45) is 0 Å². The number of allylic oxidation sites excluding steroid dienone is 1. The van der Waals surface area contributed by atoms with Gasteiger partial charge in [-0.1, -0.05) is 95.8 Å². The molecule has 0 spiro atoms. The third kappa shape index (κ3) is 13.0. The minimum absolute atomic E-state index is 0.265. The van der Waals surface area contributed by atoms with E-state index in [2.05, 4.69) is 13.5 Å². The van der Waals surface area contributed by atoms with Crippen molar-refractivity contribution in [1.29, 1.82) is 0 Å². The minimum Gasteiger partial charge on any atom is -0.462 e. The second-order valence-electron chi connectivity index (χ2n) is 8.14. The molecule has 0 bridgehead atoms. The van der Waals surface area contributed by atoms with Crippen molar-refractivity contribution in [3.8, 4) is 0 Å². The molecule has 0 saturated heterocycles. The summed E-state index contributed by atoms with van der Waals surface area (Å²) in [4.78, 5) is 24.7. The topological polar surface area (TPSA) is 52.6 Å². The molecule has 1 aromatic rings. The summed E-state index contributed by atoms with van der Waals surface area (Å²) in [5, 5.41) is 0. The number of carbonyl (C=O) groups is 2. The summed E-state index contributed by atoms with van der Waals surface area (Å²) in [7, 11) is 0. The van der Waals surface area contributed by atoms with E-state index in [1.807, 2.05) is 0 Å². The quantitative estimate of drug-likeness (QED) is 0.128. The van der Waals surface area contributed by atoms with Crippen LogP contribution >= 0.6 is 0 Å². The number of hydrogen-bond donors (Lipinski definition) is 0. The number of benzene rings is 1. The van der Waals surface area contributed by atoms with Crippen molar-refractivity contribution in [2.45, 2.75) is 96.8 Å². The Morgan fingerprint density at radius 3 is 1.58 bits per heavy atom. The van der Waals surface area contributed by atoms with E-state index >= 15 is 0 Å². The van der Waals surface area contributed by atoms with E-state index in [1.165, 1.54) is 64.2 Å². The lowest BCUT2D eigenvalue weighted by atomic mass is 10.1. The monoisotopic (exact) mass is 430 g/mol. The Bertz CT molecular complexity index is 623. The first-order valence-corrected chi connectivity index (χ1v) is 12.2. The zero-order valence-electron chi connectivity index (χ0n) is 19.5. The van der Waals surface area contributed by atoms with Crippen LogP contribution in [0.1, 0.15) is 118 Å². The average Bonchev–Trinajstić information content (AvgIpc) is 2.79. The maximum absolute atomic E-state index is 12.4. The molecular weight excluding hydrogens is 388 g/mol. The van der Waals surface area contributed by atoms with Gasteiger partial charge in [-0.2, -0.15) is 0 Å². The number of hydrogen-bond acceptors (Lipinski definition) is 4. The predicted molar refractivity (Wildman–Crippen MR) is 128 cm³/mol. The van der Waals surface area contributed by atoms with Gasteiger partial charge in [0.05, 0.1) is 24.3 Å². The van der Waals surface area contributed by atoms with Gasteiger partial charge in [0.2, 0.25) is 0 Å². The molecule has 0 aromatic heterocycles.